The van der Waals surface area contributed by atoms with Crippen LogP contribution in [-0.2, 0) is 24.4 Å². The smallest absolute Gasteiger partial charge is 0.264 e. The molecule has 0 N–H and O–H groups in total. The summed E-state index contributed by atoms with van der Waals surface area (Å²) in [6.07, 6.45) is 4.47. The summed E-state index contributed by atoms with van der Waals surface area (Å²) in [6.45, 7) is 5.55. The number of aryl methyl sites for hydroxylation is 1. The monoisotopic (exact) mass is 331 g/mol. The summed E-state index contributed by atoms with van der Waals surface area (Å²) in [6, 6.07) is 2.00. The number of hydrogen-bond donors (Lipinski definition) is 0. The molecule has 0 spiro atoms. The van der Waals surface area contributed by atoms with Gasteiger partial charge in [0.05, 0.1) is 35.7 Å². The van der Waals surface area contributed by atoms with Crippen LogP contribution in [0.15, 0.2) is 17.8 Å². The van der Waals surface area contributed by atoms with Crippen LogP contribution in [0.4, 0.5) is 0 Å². The lowest BCUT2D eigenvalue weighted by atomic mass is 10.2. The first kappa shape index (κ1) is 14.9. The van der Waals surface area contributed by atoms with E-state index in [0.29, 0.717) is 13.2 Å². The van der Waals surface area contributed by atoms with E-state index in [9.17, 15) is 4.79 Å². The normalized spacial score (nSPS) is 17.3. The first-order valence-electron chi connectivity index (χ1n) is 8.16. The van der Waals surface area contributed by atoms with Gasteiger partial charge in [-0.3, -0.25) is 4.79 Å². The van der Waals surface area contributed by atoms with Crippen molar-refractivity contribution in [2.45, 2.75) is 39.5 Å². The van der Waals surface area contributed by atoms with E-state index in [1.807, 2.05) is 29.6 Å². The predicted octanol–water partition coefficient (Wildman–Crippen LogP) is 2.84. The Bertz CT molecular complexity index is 717. The van der Waals surface area contributed by atoms with Gasteiger partial charge in [0.25, 0.3) is 5.91 Å². The second-order valence-electron chi connectivity index (χ2n) is 6.45. The molecule has 0 aromatic carbocycles. The van der Waals surface area contributed by atoms with E-state index in [1.165, 1.54) is 24.2 Å². The lowest BCUT2D eigenvalue weighted by Crippen LogP contribution is -2.38. The van der Waals surface area contributed by atoms with E-state index in [4.69, 9.17) is 4.74 Å². The summed E-state index contributed by atoms with van der Waals surface area (Å²) in [4.78, 5) is 20.0. The molecular formula is C17H21N3O2S. The van der Waals surface area contributed by atoms with Crippen LogP contribution in [0.5, 0.6) is 0 Å². The predicted molar refractivity (Wildman–Crippen MR) is 88.4 cm³/mol. The number of ether oxygens (including phenoxy) is 1. The summed E-state index contributed by atoms with van der Waals surface area (Å²) < 4.78 is 7.93. The van der Waals surface area contributed by atoms with Gasteiger partial charge < -0.3 is 14.2 Å². The molecule has 1 fully saturated rings. The highest BCUT2D eigenvalue weighted by molar-refractivity contribution is 7.12. The zero-order valence-electron chi connectivity index (χ0n) is 13.3. The number of carbonyl (C=O) groups excluding carboxylic acids is 1. The molecule has 0 saturated heterocycles. The maximum atomic E-state index is 12.7. The van der Waals surface area contributed by atoms with E-state index < -0.39 is 0 Å². The Balaban J connectivity index is 1.46. The molecule has 2 aliphatic rings. The summed E-state index contributed by atoms with van der Waals surface area (Å²) in [5, 5.41) is 1.98. The van der Waals surface area contributed by atoms with Gasteiger partial charge in [0.15, 0.2) is 0 Å². The fourth-order valence-electron chi connectivity index (χ4n) is 2.95. The average Bonchev–Trinajstić information content (AvgIpc) is 3.15. The standard InChI is InChI=1S/C17H21N3O2S/c1-12-4-7-23-16(12)17(21)19-5-6-20-11-18-14(15(20)8-19)10-22-9-13-2-3-13/h4,7,11,13H,2-3,5-6,8-10H2,1H3. The van der Waals surface area contributed by atoms with Crippen molar-refractivity contribution in [3.8, 4) is 0 Å². The Morgan fingerprint density at radius 1 is 1.43 bits per heavy atom. The summed E-state index contributed by atoms with van der Waals surface area (Å²) in [7, 11) is 0. The lowest BCUT2D eigenvalue weighted by Gasteiger charge is -2.28. The quantitative estimate of drug-likeness (QED) is 0.846. The molecule has 5 nitrogen and oxygen atoms in total. The van der Waals surface area contributed by atoms with Crippen LogP contribution in [-0.4, -0.2) is 33.5 Å². The summed E-state index contributed by atoms with van der Waals surface area (Å²) in [5.41, 5.74) is 3.16. The van der Waals surface area contributed by atoms with Gasteiger partial charge in [0.2, 0.25) is 0 Å². The van der Waals surface area contributed by atoms with Gasteiger partial charge in [-0.25, -0.2) is 4.98 Å². The fourth-order valence-corrected chi connectivity index (χ4v) is 3.84. The minimum Gasteiger partial charge on any atom is -0.375 e. The maximum absolute atomic E-state index is 12.7. The van der Waals surface area contributed by atoms with E-state index in [2.05, 4.69) is 9.55 Å². The number of hydrogen-bond acceptors (Lipinski definition) is 4. The third kappa shape index (κ3) is 3.05. The molecule has 0 radical (unpaired) electrons. The fraction of sp³-hybridized carbons (Fsp3) is 0.529. The number of thiophene rings is 1. The topological polar surface area (TPSA) is 47.4 Å². The van der Waals surface area contributed by atoms with Gasteiger partial charge in [-0.2, -0.15) is 0 Å². The maximum Gasteiger partial charge on any atom is 0.264 e. The van der Waals surface area contributed by atoms with Crippen molar-refractivity contribution in [3.63, 3.8) is 0 Å². The van der Waals surface area contributed by atoms with Gasteiger partial charge in [-0.05, 0) is 42.7 Å². The summed E-state index contributed by atoms with van der Waals surface area (Å²) >= 11 is 1.52. The van der Waals surface area contributed by atoms with Crippen LogP contribution < -0.4 is 0 Å². The van der Waals surface area contributed by atoms with E-state index in [-0.39, 0.29) is 5.91 Å². The highest BCUT2D eigenvalue weighted by Crippen LogP contribution is 2.29. The molecular weight excluding hydrogens is 310 g/mol. The van der Waals surface area contributed by atoms with E-state index in [1.54, 1.807) is 0 Å². The number of rotatable bonds is 5. The van der Waals surface area contributed by atoms with Crippen LogP contribution in [0.25, 0.3) is 0 Å². The third-order valence-electron chi connectivity index (χ3n) is 4.62. The first-order valence-corrected chi connectivity index (χ1v) is 9.04. The number of amides is 1. The number of nitrogens with zero attached hydrogens (tertiary/aromatic N) is 3. The Morgan fingerprint density at radius 2 is 2.30 bits per heavy atom. The number of fused-ring (bicyclic) bond motifs is 1. The second-order valence-corrected chi connectivity index (χ2v) is 7.37. The molecule has 1 saturated carbocycles. The Hall–Kier alpha value is -1.66. The molecule has 1 amide bonds. The zero-order valence-corrected chi connectivity index (χ0v) is 14.1. The van der Waals surface area contributed by atoms with E-state index in [0.717, 1.165) is 47.4 Å². The van der Waals surface area contributed by atoms with Gasteiger partial charge >= 0.3 is 0 Å². The van der Waals surface area contributed by atoms with Gasteiger partial charge in [0, 0.05) is 19.7 Å². The Kier molecular flexibility index (Phi) is 3.95. The number of imidazole rings is 1. The molecule has 1 aliphatic heterocycles. The largest absolute Gasteiger partial charge is 0.375 e. The van der Waals surface area contributed by atoms with Crippen LogP contribution in [0.3, 0.4) is 0 Å². The van der Waals surface area contributed by atoms with Crippen molar-refractivity contribution in [1.29, 1.82) is 0 Å². The van der Waals surface area contributed by atoms with Gasteiger partial charge in [0.1, 0.15) is 0 Å². The Morgan fingerprint density at radius 3 is 3.04 bits per heavy atom. The average molecular weight is 331 g/mol. The van der Waals surface area contributed by atoms with Gasteiger partial charge in [-0.1, -0.05) is 0 Å². The molecule has 23 heavy (non-hydrogen) atoms. The van der Waals surface area contributed by atoms with E-state index >= 15 is 0 Å². The lowest BCUT2D eigenvalue weighted by molar-refractivity contribution is 0.0708. The molecule has 6 heteroatoms. The molecule has 0 bridgehead atoms. The highest BCUT2D eigenvalue weighted by atomic mass is 32.1. The minimum atomic E-state index is 0.134. The van der Waals surface area contributed by atoms with Crippen molar-refractivity contribution in [2.75, 3.05) is 13.2 Å². The molecule has 1 aliphatic carbocycles. The van der Waals surface area contributed by atoms with Crippen LogP contribution in [0.2, 0.25) is 0 Å². The van der Waals surface area contributed by atoms with Crippen molar-refractivity contribution in [2.24, 2.45) is 5.92 Å². The summed E-state index contributed by atoms with van der Waals surface area (Å²) in [5.74, 6) is 0.892. The molecule has 3 heterocycles. The van der Waals surface area contributed by atoms with Crippen molar-refractivity contribution >= 4 is 17.2 Å². The SMILES string of the molecule is Cc1ccsc1C(=O)N1CCn2cnc(COCC3CC3)c2C1. The van der Waals surface area contributed by atoms with Crippen LogP contribution in [0, 0.1) is 12.8 Å². The number of carbonyl (C=O) groups is 1. The molecule has 2 aromatic heterocycles. The zero-order chi connectivity index (χ0) is 15.8. The molecule has 2 aromatic rings. The molecule has 0 atom stereocenters. The van der Waals surface area contributed by atoms with Crippen LogP contribution in [0.1, 0.15) is 39.5 Å². The molecule has 122 valence electrons. The third-order valence-corrected chi connectivity index (χ3v) is 5.62. The van der Waals surface area contributed by atoms with Crippen LogP contribution >= 0.6 is 11.3 Å². The number of aromatic nitrogens is 2. The second kappa shape index (κ2) is 6.09. The van der Waals surface area contributed by atoms with Crippen molar-refractivity contribution in [3.05, 3.63) is 39.6 Å². The highest BCUT2D eigenvalue weighted by Gasteiger charge is 2.26. The van der Waals surface area contributed by atoms with Crippen molar-refractivity contribution in [1.82, 2.24) is 14.5 Å². The molecule has 4 rings (SSSR count). The van der Waals surface area contributed by atoms with Gasteiger partial charge in [-0.15, -0.1) is 11.3 Å². The Labute approximate surface area is 139 Å². The first-order chi connectivity index (χ1) is 11.2. The molecule has 0 unspecified atom stereocenters. The minimum absolute atomic E-state index is 0.134. The van der Waals surface area contributed by atoms with Crippen molar-refractivity contribution < 1.29 is 9.53 Å².